The Kier molecular flexibility index (Phi) is 3.73. The standard InChI is InChI=1S/C20H18N4O/c21-15-20(16-6-2-1-3-7-16)9-12-23(13-10-20)18-14-19(25)24-11-5-4-8-17(24)22-18/h1-8,11,14H,9-10,12-13H2. The zero-order chi connectivity index (χ0) is 17.3. The van der Waals surface area contributed by atoms with Crippen LogP contribution >= 0.6 is 0 Å². The fourth-order valence-electron chi connectivity index (χ4n) is 3.54. The SMILES string of the molecule is N#CC1(c2ccccc2)CCN(c2cc(=O)n3ccccc3n2)CC1. The lowest BCUT2D eigenvalue weighted by Gasteiger charge is -2.38. The summed E-state index contributed by atoms with van der Waals surface area (Å²) >= 11 is 0. The van der Waals surface area contributed by atoms with E-state index in [0.717, 1.165) is 18.4 Å². The average molecular weight is 330 g/mol. The molecule has 0 spiro atoms. The fraction of sp³-hybridized carbons (Fsp3) is 0.250. The van der Waals surface area contributed by atoms with Crippen molar-refractivity contribution in [3.05, 3.63) is 76.7 Å². The summed E-state index contributed by atoms with van der Waals surface area (Å²) in [4.78, 5) is 19.0. The summed E-state index contributed by atoms with van der Waals surface area (Å²) in [5, 5.41) is 9.80. The summed E-state index contributed by atoms with van der Waals surface area (Å²) in [7, 11) is 0. The van der Waals surface area contributed by atoms with Crippen molar-refractivity contribution < 1.29 is 0 Å². The average Bonchev–Trinajstić information content (AvgIpc) is 2.69. The topological polar surface area (TPSA) is 61.4 Å². The molecular weight excluding hydrogens is 312 g/mol. The molecule has 1 saturated heterocycles. The molecule has 1 fully saturated rings. The predicted molar refractivity (Wildman–Crippen MR) is 96.6 cm³/mol. The molecule has 1 aliphatic heterocycles. The molecule has 0 atom stereocenters. The van der Waals surface area contributed by atoms with Crippen LogP contribution in [0.1, 0.15) is 18.4 Å². The van der Waals surface area contributed by atoms with Gasteiger partial charge in [0.15, 0.2) is 0 Å². The van der Waals surface area contributed by atoms with Crippen LogP contribution in [0, 0.1) is 11.3 Å². The lowest BCUT2D eigenvalue weighted by Crippen LogP contribution is -2.42. The molecule has 0 bridgehead atoms. The maximum atomic E-state index is 12.3. The van der Waals surface area contributed by atoms with Crippen LogP contribution in [0.4, 0.5) is 5.82 Å². The second kappa shape index (κ2) is 6.06. The molecule has 0 amide bonds. The number of pyridine rings is 1. The Morgan fingerprint density at radius 3 is 2.48 bits per heavy atom. The van der Waals surface area contributed by atoms with Crippen LogP contribution in [0.25, 0.3) is 5.65 Å². The number of rotatable bonds is 2. The van der Waals surface area contributed by atoms with Crippen LogP contribution < -0.4 is 10.5 Å². The molecule has 5 heteroatoms. The molecule has 0 aliphatic carbocycles. The maximum absolute atomic E-state index is 12.3. The molecular formula is C20H18N4O. The molecule has 0 N–H and O–H groups in total. The smallest absolute Gasteiger partial charge is 0.259 e. The molecule has 3 heterocycles. The Hall–Kier alpha value is -3.13. The first kappa shape index (κ1) is 15.4. The van der Waals surface area contributed by atoms with Crippen LogP contribution in [-0.4, -0.2) is 22.5 Å². The van der Waals surface area contributed by atoms with E-state index in [2.05, 4.69) is 16.0 Å². The van der Waals surface area contributed by atoms with E-state index in [-0.39, 0.29) is 5.56 Å². The summed E-state index contributed by atoms with van der Waals surface area (Å²) in [6.45, 7) is 1.41. The molecule has 1 aromatic carbocycles. The van der Waals surface area contributed by atoms with Gasteiger partial charge in [0, 0.05) is 25.4 Å². The first-order valence-corrected chi connectivity index (χ1v) is 8.42. The Labute approximate surface area is 145 Å². The van der Waals surface area contributed by atoms with Gasteiger partial charge in [-0.3, -0.25) is 9.20 Å². The van der Waals surface area contributed by atoms with Gasteiger partial charge in [0.25, 0.3) is 5.56 Å². The van der Waals surface area contributed by atoms with Gasteiger partial charge in [0.1, 0.15) is 11.5 Å². The molecule has 0 saturated carbocycles. The minimum Gasteiger partial charge on any atom is -0.356 e. The molecule has 3 aromatic rings. The summed E-state index contributed by atoms with van der Waals surface area (Å²) in [5.74, 6) is 0.691. The molecule has 25 heavy (non-hydrogen) atoms. The normalized spacial score (nSPS) is 16.5. The van der Waals surface area contributed by atoms with Gasteiger partial charge in [0.05, 0.1) is 11.5 Å². The van der Waals surface area contributed by atoms with E-state index in [0.29, 0.717) is 24.6 Å². The lowest BCUT2D eigenvalue weighted by molar-refractivity contribution is 0.414. The van der Waals surface area contributed by atoms with Gasteiger partial charge in [0.2, 0.25) is 0 Å². The van der Waals surface area contributed by atoms with Gasteiger partial charge in [-0.2, -0.15) is 5.26 Å². The number of hydrogen-bond acceptors (Lipinski definition) is 4. The number of nitrogens with zero attached hydrogens (tertiary/aromatic N) is 4. The van der Waals surface area contributed by atoms with E-state index < -0.39 is 5.41 Å². The summed E-state index contributed by atoms with van der Waals surface area (Å²) in [6.07, 6.45) is 3.17. The third kappa shape index (κ3) is 2.66. The monoisotopic (exact) mass is 330 g/mol. The number of hydrogen-bond donors (Lipinski definition) is 0. The molecule has 2 aromatic heterocycles. The van der Waals surface area contributed by atoms with Crippen molar-refractivity contribution in [2.75, 3.05) is 18.0 Å². The molecule has 5 nitrogen and oxygen atoms in total. The van der Waals surface area contributed by atoms with Crippen LogP contribution in [0.15, 0.2) is 65.6 Å². The van der Waals surface area contributed by atoms with E-state index >= 15 is 0 Å². The van der Waals surface area contributed by atoms with Crippen LogP contribution in [0.5, 0.6) is 0 Å². The van der Waals surface area contributed by atoms with E-state index in [9.17, 15) is 10.1 Å². The van der Waals surface area contributed by atoms with Crippen molar-refractivity contribution in [1.29, 1.82) is 5.26 Å². The Morgan fingerprint density at radius 1 is 1.04 bits per heavy atom. The summed E-state index contributed by atoms with van der Waals surface area (Å²) < 4.78 is 1.54. The Morgan fingerprint density at radius 2 is 1.76 bits per heavy atom. The third-order valence-corrected chi connectivity index (χ3v) is 5.04. The minimum atomic E-state index is -0.455. The van der Waals surface area contributed by atoms with Gasteiger partial charge in [-0.25, -0.2) is 4.98 Å². The van der Waals surface area contributed by atoms with Gasteiger partial charge in [-0.15, -0.1) is 0 Å². The summed E-state index contributed by atoms with van der Waals surface area (Å²) in [6, 6.07) is 19.6. The van der Waals surface area contributed by atoms with Crippen LogP contribution in [0.2, 0.25) is 0 Å². The van der Waals surface area contributed by atoms with Crippen molar-refractivity contribution >= 4 is 11.5 Å². The lowest BCUT2D eigenvalue weighted by atomic mass is 9.74. The summed E-state index contributed by atoms with van der Waals surface area (Å²) in [5.41, 5.74) is 1.18. The minimum absolute atomic E-state index is 0.0826. The van der Waals surface area contributed by atoms with Gasteiger partial charge in [-0.05, 0) is 30.5 Å². The second-order valence-electron chi connectivity index (χ2n) is 6.43. The van der Waals surface area contributed by atoms with E-state index in [4.69, 9.17) is 0 Å². The highest BCUT2D eigenvalue weighted by molar-refractivity contribution is 5.49. The molecule has 1 aliphatic rings. The number of aromatic nitrogens is 2. The number of anilines is 1. The van der Waals surface area contributed by atoms with Crippen molar-refractivity contribution in [2.24, 2.45) is 0 Å². The number of nitriles is 1. The molecule has 124 valence electrons. The first-order valence-electron chi connectivity index (χ1n) is 8.42. The van der Waals surface area contributed by atoms with E-state index in [1.54, 1.807) is 12.3 Å². The van der Waals surface area contributed by atoms with Crippen molar-refractivity contribution in [3.8, 4) is 6.07 Å². The highest BCUT2D eigenvalue weighted by atomic mass is 16.1. The maximum Gasteiger partial charge on any atom is 0.259 e. The number of benzene rings is 1. The molecule has 4 rings (SSSR count). The van der Waals surface area contributed by atoms with Crippen molar-refractivity contribution in [2.45, 2.75) is 18.3 Å². The number of fused-ring (bicyclic) bond motifs is 1. The Balaban J connectivity index is 1.62. The molecule has 0 radical (unpaired) electrons. The van der Waals surface area contributed by atoms with Gasteiger partial charge < -0.3 is 4.90 Å². The second-order valence-corrected chi connectivity index (χ2v) is 6.43. The van der Waals surface area contributed by atoms with Crippen molar-refractivity contribution in [3.63, 3.8) is 0 Å². The van der Waals surface area contributed by atoms with Crippen LogP contribution in [0.3, 0.4) is 0 Å². The number of piperidine rings is 1. The van der Waals surface area contributed by atoms with E-state index in [1.807, 2.05) is 48.5 Å². The van der Waals surface area contributed by atoms with Crippen molar-refractivity contribution in [1.82, 2.24) is 9.38 Å². The van der Waals surface area contributed by atoms with Gasteiger partial charge in [-0.1, -0.05) is 36.4 Å². The quantitative estimate of drug-likeness (QED) is 0.725. The third-order valence-electron chi connectivity index (χ3n) is 5.04. The molecule has 0 unspecified atom stereocenters. The van der Waals surface area contributed by atoms with Gasteiger partial charge >= 0.3 is 0 Å². The predicted octanol–water partition coefficient (Wildman–Crippen LogP) is 2.76. The highest BCUT2D eigenvalue weighted by Gasteiger charge is 2.36. The fourth-order valence-corrected chi connectivity index (χ4v) is 3.54. The zero-order valence-electron chi connectivity index (χ0n) is 13.8. The zero-order valence-corrected chi connectivity index (χ0v) is 13.8. The first-order chi connectivity index (χ1) is 12.2. The highest BCUT2D eigenvalue weighted by Crippen LogP contribution is 2.35. The largest absolute Gasteiger partial charge is 0.356 e. The van der Waals surface area contributed by atoms with E-state index in [1.165, 1.54) is 4.40 Å². The van der Waals surface area contributed by atoms with Crippen LogP contribution in [-0.2, 0) is 5.41 Å². The Bertz CT molecular complexity index is 995.